The molecule has 2 N–H and O–H groups in total. The van der Waals surface area contributed by atoms with Crippen LogP contribution in [0, 0.1) is 0 Å². The number of rotatable bonds is 28. The number of fused-ring (bicyclic) bond motifs is 8. The number of halogens is 4. The molecule has 64 heavy (non-hydrogen) atoms. The molecule has 4 nitrogen and oxygen atoms in total. The Labute approximate surface area is 422 Å². The van der Waals surface area contributed by atoms with Gasteiger partial charge in [-0.1, -0.05) is 145 Å². The maximum atomic E-state index is 6.03. The molecule has 0 radical (unpaired) electrons. The zero-order chi connectivity index (χ0) is 46.2. The van der Waals surface area contributed by atoms with Gasteiger partial charge in [-0.15, -0.1) is 0 Å². The van der Waals surface area contributed by atoms with Crippen molar-refractivity contribution in [3.8, 4) is 0 Å². The molecule has 8 bridgehead atoms. The van der Waals surface area contributed by atoms with Crippen LogP contribution in [-0.2, 0) is 51.4 Å². The fourth-order valence-corrected chi connectivity index (χ4v) is 12.7. The van der Waals surface area contributed by atoms with E-state index in [0.29, 0.717) is 0 Å². The lowest BCUT2D eigenvalue weighted by atomic mass is 9.90. The van der Waals surface area contributed by atoms with E-state index < -0.39 is 0 Å². The van der Waals surface area contributed by atoms with E-state index in [2.05, 4.69) is 129 Å². The Bertz CT molecular complexity index is 2100. The first-order chi connectivity index (χ1) is 31.3. The minimum Gasteiger partial charge on any atom is -0.354 e. The summed E-state index contributed by atoms with van der Waals surface area (Å²) < 4.78 is 0. The molecule has 0 atom stereocenters. The normalized spacial score (nSPS) is 13.1. The number of aryl methyl sites for hydroxylation is 7. The number of nitrogens with one attached hydrogen (secondary N) is 2. The highest BCUT2D eigenvalue weighted by molar-refractivity contribution is 9.09. The zero-order valence-corrected chi connectivity index (χ0v) is 47.5. The Kier molecular flexibility index (Phi) is 23.0. The lowest BCUT2D eigenvalue weighted by Crippen LogP contribution is -2.01. The van der Waals surface area contributed by atoms with Gasteiger partial charge in [-0.2, -0.15) is 0 Å². The largest absolute Gasteiger partial charge is 0.354 e. The van der Waals surface area contributed by atoms with Gasteiger partial charge in [0.25, 0.3) is 0 Å². The number of H-pyrrole nitrogens is 2. The molecule has 3 aromatic heterocycles. The smallest absolute Gasteiger partial charge is 0.0726 e. The number of hydrogen-bond donors (Lipinski definition) is 2. The molecule has 0 saturated heterocycles. The van der Waals surface area contributed by atoms with E-state index in [1.165, 1.54) is 169 Å². The monoisotopic (exact) mass is 1130 g/mol. The molecule has 0 amide bonds. The van der Waals surface area contributed by atoms with Gasteiger partial charge in [0.15, 0.2) is 0 Å². The van der Waals surface area contributed by atoms with E-state index in [-0.39, 0.29) is 0 Å². The second-order valence-corrected chi connectivity index (χ2v) is 21.1. The molecule has 0 aromatic carbocycles. The highest BCUT2D eigenvalue weighted by atomic mass is 79.9. The highest BCUT2D eigenvalue weighted by Crippen LogP contribution is 2.45. The van der Waals surface area contributed by atoms with Crippen molar-refractivity contribution in [3.63, 3.8) is 0 Å². The SMILES string of the molecule is CCC1=C(CC)c2nc1c(CCCCCBr)c1nc(c(CCCCCBr)c3[nH]c(c(CC)c3CC)c(CCCCCBr)c3[nH]c(c2CCCCCBr)c(CC)c3CC)C(CC)=C1CC. The topological polar surface area (TPSA) is 57.4 Å². The average molecular weight is 1130 g/mol. The Hall–Kier alpha value is -1.48. The summed E-state index contributed by atoms with van der Waals surface area (Å²) in [6.45, 7) is 19.1. The zero-order valence-electron chi connectivity index (χ0n) is 41.2. The van der Waals surface area contributed by atoms with Crippen molar-refractivity contribution < 1.29 is 0 Å². The quantitative estimate of drug-likeness (QED) is 0.0562. The van der Waals surface area contributed by atoms with Gasteiger partial charge in [-0.3, -0.25) is 0 Å². The molecule has 0 unspecified atom stereocenters. The summed E-state index contributed by atoms with van der Waals surface area (Å²) in [4.78, 5) is 20.8. The first kappa shape index (κ1) is 53.5. The lowest BCUT2D eigenvalue weighted by Gasteiger charge is -2.12. The summed E-state index contributed by atoms with van der Waals surface area (Å²) >= 11 is 15.0. The third-order valence-corrected chi connectivity index (χ3v) is 16.4. The molecular formula is C56H82Br4N4. The Balaban J connectivity index is 2.19. The maximum Gasteiger partial charge on any atom is 0.0726 e. The van der Waals surface area contributed by atoms with Crippen LogP contribution in [0.4, 0.5) is 0 Å². The van der Waals surface area contributed by atoms with Gasteiger partial charge in [0, 0.05) is 60.1 Å². The van der Waals surface area contributed by atoms with E-state index in [1.807, 2.05) is 0 Å². The Morgan fingerprint density at radius 1 is 0.281 bits per heavy atom. The van der Waals surface area contributed by atoms with Crippen LogP contribution in [0.3, 0.4) is 0 Å². The van der Waals surface area contributed by atoms with Gasteiger partial charge in [-0.05, 0) is 179 Å². The van der Waals surface area contributed by atoms with Crippen LogP contribution < -0.4 is 0 Å². The van der Waals surface area contributed by atoms with Gasteiger partial charge in [0.2, 0.25) is 0 Å². The first-order valence-corrected chi connectivity index (χ1v) is 30.3. The third-order valence-electron chi connectivity index (χ3n) is 14.2. The number of nitrogens with zero attached hydrogens (tertiary/aromatic N) is 2. The molecule has 354 valence electrons. The third kappa shape index (κ3) is 11.8. The number of alkyl halides is 4. The molecule has 0 saturated carbocycles. The molecular weight excluding hydrogens is 1050 g/mol. The Morgan fingerprint density at radius 3 is 0.797 bits per heavy atom. The molecule has 3 aromatic rings. The predicted octanol–water partition coefficient (Wildman–Crippen LogP) is 18.5. The molecule has 5 rings (SSSR count). The summed E-state index contributed by atoms with van der Waals surface area (Å²) in [6.07, 6.45) is 26.2. The van der Waals surface area contributed by atoms with Crippen molar-refractivity contribution in [2.24, 2.45) is 0 Å². The van der Waals surface area contributed by atoms with Crippen molar-refractivity contribution >= 4 is 108 Å². The Morgan fingerprint density at radius 2 is 0.531 bits per heavy atom. The summed E-state index contributed by atoms with van der Waals surface area (Å²) in [7, 11) is 0. The molecule has 2 aliphatic rings. The number of aromatic nitrogens is 4. The van der Waals surface area contributed by atoms with Crippen molar-refractivity contribution in [1.29, 1.82) is 0 Å². The van der Waals surface area contributed by atoms with E-state index in [0.717, 1.165) is 118 Å². The van der Waals surface area contributed by atoms with Crippen molar-refractivity contribution in [2.45, 2.75) is 209 Å². The van der Waals surface area contributed by atoms with Gasteiger partial charge < -0.3 is 9.97 Å². The van der Waals surface area contributed by atoms with Crippen LogP contribution in [-0.4, -0.2) is 41.3 Å². The minimum absolute atomic E-state index is 0.974. The van der Waals surface area contributed by atoms with Crippen LogP contribution in [0.25, 0.3) is 44.4 Å². The van der Waals surface area contributed by atoms with Crippen LogP contribution in [0.1, 0.15) is 225 Å². The molecule has 0 spiro atoms. The van der Waals surface area contributed by atoms with Gasteiger partial charge in [0.05, 0.1) is 22.8 Å². The summed E-state index contributed by atoms with van der Waals surface area (Å²) in [5.74, 6) is 0. The molecule has 0 fully saturated rings. The van der Waals surface area contributed by atoms with E-state index >= 15 is 0 Å². The van der Waals surface area contributed by atoms with Crippen LogP contribution in [0.15, 0.2) is 0 Å². The fraction of sp³-hybridized carbons (Fsp3) is 0.643. The van der Waals surface area contributed by atoms with Crippen LogP contribution >= 0.6 is 63.7 Å². The van der Waals surface area contributed by atoms with E-state index in [4.69, 9.17) is 9.97 Å². The van der Waals surface area contributed by atoms with Crippen LogP contribution in [0.2, 0.25) is 0 Å². The molecule has 5 heterocycles. The van der Waals surface area contributed by atoms with E-state index in [9.17, 15) is 0 Å². The van der Waals surface area contributed by atoms with Crippen molar-refractivity contribution in [1.82, 2.24) is 19.9 Å². The first-order valence-electron chi connectivity index (χ1n) is 25.9. The maximum absolute atomic E-state index is 6.03. The second kappa shape index (κ2) is 27.5. The number of aromatic amines is 2. The minimum atomic E-state index is 0.974. The summed E-state index contributed by atoms with van der Waals surface area (Å²) in [6, 6.07) is 0. The highest BCUT2D eigenvalue weighted by Gasteiger charge is 2.30. The summed E-state index contributed by atoms with van der Waals surface area (Å²) in [5, 5.41) is 4.21. The predicted molar refractivity (Wildman–Crippen MR) is 299 cm³/mol. The molecule has 0 aliphatic carbocycles. The fourth-order valence-electron chi connectivity index (χ4n) is 11.1. The van der Waals surface area contributed by atoms with Gasteiger partial charge >= 0.3 is 0 Å². The van der Waals surface area contributed by atoms with Crippen LogP contribution in [0.5, 0.6) is 0 Å². The van der Waals surface area contributed by atoms with Gasteiger partial charge in [-0.25, -0.2) is 9.97 Å². The van der Waals surface area contributed by atoms with E-state index in [1.54, 1.807) is 0 Å². The lowest BCUT2D eigenvalue weighted by molar-refractivity contribution is 0.718. The van der Waals surface area contributed by atoms with Gasteiger partial charge in [0.1, 0.15) is 0 Å². The number of allylic oxidation sites excluding steroid dienone is 4. The number of hydrogen-bond acceptors (Lipinski definition) is 2. The van der Waals surface area contributed by atoms with Crippen molar-refractivity contribution in [3.05, 3.63) is 67.3 Å². The second-order valence-electron chi connectivity index (χ2n) is 17.9. The average Bonchev–Trinajstić information content (AvgIpc) is 4.08. The molecule has 2 aliphatic heterocycles. The van der Waals surface area contributed by atoms with Crippen molar-refractivity contribution in [2.75, 3.05) is 21.3 Å². The summed E-state index contributed by atoms with van der Waals surface area (Å²) in [5.41, 5.74) is 28.0. The standard InChI is InChI=1S/C56H82Br4N4/c1-9-37-38(10-2)50-46(30-22-18-26-34-58)52-41(13-5)42(14-6)54(63-52)48(32-24-20-28-36-60)56-44(16-8)43(15-7)55(64-56)47(31-23-19-27-35-59)53-40(12-4)39(11-3)51(62-53)45(49(37)61-50)29-21-17-25-33-57/h61-62H,9-36H2,1-8H3. The molecule has 8 heteroatoms. The number of unbranched alkanes of at least 4 members (excludes halogenated alkanes) is 8.